The van der Waals surface area contributed by atoms with Crippen LogP contribution in [0, 0.1) is 11.6 Å². The van der Waals surface area contributed by atoms with Gasteiger partial charge >= 0.3 is 0 Å². The average molecular weight is 283 g/mol. The van der Waals surface area contributed by atoms with Crippen LogP contribution in [-0.4, -0.2) is 43.0 Å². The van der Waals surface area contributed by atoms with Crippen molar-refractivity contribution >= 4 is 5.91 Å². The molecular weight excluding hydrogens is 264 g/mol. The quantitative estimate of drug-likeness (QED) is 0.862. The number of nitrogens with one attached hydrogen (secondary N) is 2. The standard InChI is InChI=1S/C14H19F2N3O/c1-2-18-14(20)12-8-17-6-7-19(12)9-10-4-3-5-11(15)13(10)16/h3-5,12,17H,2,6-9H2,1H3,(H,18,20). The Morgan fingerprint density at radius 1 is 1.50 bits per heavy atom. The van der Waals surface area contributed by atoms with Gasteiger partial charge in [0, 0.05) is 38.3 Å². The Balaban J connectivity index is 2.12. The molecule has 0 radical (unpaired) electrons. The lowest BCUT2D eigenvalue weighted by Crippen LogP contribution is -2.57. The predicted octanol–water partition coefficient (Wildman–Crippen LogP) is 0.875. The van der Waals surface area contributed by atoms with Gasteiger partial charge in [0.25, 0.3) is 0 Å². The highest BCUT2D eigenvalue weighted by Crippen LogP contribution is 2.16. The zero-order valence-electron chi connectivity index (χ0n) is 11.5. The van der Waals surface area contributed by atoms with Gasteiger partial charge in [0.1, 0.15) is 6.04 Å². The van der Waals surface area contributed by atoms with E-state index < -0.39 is 11.6 Å². The Bertz CT molecular complexity index is 481. The van der Waals surface area contributed by atoms with E-state index in [1.165, 1.54) is 6.07 Å². The second-order valence-corrected chi connectivity index (χ2v) is 4.80. The minimum atomic E-state index is -0.854. The maximum Gasteiger partial charge on any atom is 0.238 e. The summed E-state index contributed by atoms with van der Waals surface area (Å²) in [4.78, 5) is 13.9. The molecular formula is C14H19F2N3O. The molecule has 1 unspecified atom stereocenters. The summed E-state index contributed by atoms with van der Waals surface area (Å²) in [6.07, 6.45) is 0. The zero-order valence-corrected chi connectivity index (χ0v) is 11.5. The van der Waals surface area contributed by atoms with Crippen LogP contribution in [0.15, 0.2) is 18.2 Å². The second kappa shape index (κ2) is 6.76. The van der Waals surface area contributed by atoms with Gasteiger partial charge in [-0.1, -0.05) is 12.1 Å². The molecule has 2 N–H and O–H groups in total. The Kier molecular flexibility index (Phi) is 5.03. The molecule has 6 heteroatoms. The second-order valence-electron chi connectivity index (χ2n) is 4.80. The molecule has 1 aromatic carbocycles. The Hall–Kier alpha value is -1.53. The first-order chi connectivity index (χ1) is 9.63. The fourth-order valence-corrected chi connectivity index (χ4v) is 2.38. The Morgan fingerprint density at radius 2 is 2.30 bits per heavy atom. The van der Waals surface area contributed by atoms with E-state index in [-0.39, 0.29) is 24.1 Å². The molecule has 2 rings (SSSR count). The van der Waals surface area contributed by atoms with Crippen molar-refractivity contribution in [3.63, 3.8) is 0 Å². The summed E-state index contributed by atoms with van der Waals surface area (Å²) in [6, 6.07) is 3.77. The summed E-state index contributed by atoms with van der Waals surface area (Å²) < 4.78 is 26.9. The summed E-state index contributed by atoms with van der Waals surface area (Å²) in [5.41, 5.74) is 0.279. The minimum absolute atomic E-state index is 0.0866. The molecule has 1 fully saturated rings. The molecule has 0 aromatic heterocycles. The molecule has 1 aliphatic heterocycles. The number of hydrogen-bond acceptors (Lipinski definition) is 3. The summed E-state index contributed by atoms with van der Waals surface area (Å²) >= 11 is 0. The lowest BCUT2D eigenvalue weighted by atomic mass is 10.1. The molecule has 0 saturated carbocycles. The number of carbonyl (C=O) groups is 1. The van der Waals surface area contributed by atoms with Gasteiger partial charge in [0.05, 0.1) is 0 Å². The van der Waals surface area contributed by atoms with E-state index in [1.54, 1.807) is 6.07 Å². The molecule has 4 nitrogen and oxygen atoms in total. The molecule has 0 bridgehead atoms. The highest BCUT2D eigenvalue weighted by molar-refractivity contribution is 5.82. The molecule has 1 atom stereocenters. The van der Waals surface area contributed by atoms with E-state index in [4.69, 9.17) is 0 Å². The normalized spacial score (nSPS) is 19.9. The van der Waals surface area contributed by atoms with Crippen LogP contribution in [0.1, 0.15) is 12.5 Å². The average Bonchev–Trinajstić information content (AvgIpc) is 2.45. The van der Waals surface area contributed by atoms with Gasteiger partial charge in [-0.25, -0.2) is 8.78 Å². The third kappa shape index (κ3) is 3.32. The van der Waals surface area contributed by atoms with Crippen LogP contribution < -0.4 is 10.6 Å². The van der Waals surface area contributed by atoms with Crippen molar-refractivity contribution in [1.29, 1.82) is 0 Å². The lowest BCUT2D eigenvalue weighted by molar-refractivity contribution is -0.127. The van der Waals surface area contributed by atoms with Crippen molar-refractivity contribution in [3.05, 3.63) is 35.4 Å². The molecule has 1 aliphatic rings. The van der Waals surface area contributed by atoms with E-state index in [2.05, 4.69) is 10.6 Å². The van der Waals surface area contributed by atoms with Crippen LogP contribution >= 0.6 is 0 Å². The van der Waals surface area contributed by atoms with Crippen LogP contribution in [0.2, 0.25) is 0 Å². The molecule has 0 spiro atoms. The van der Waals surface area contributed by atoms with E-state index in [0.29, 0.717) is 19.6 Å². The van der Waals surface area contributed by atoms with Gasteiger partial charge < -0.3 is 10.6 Å². The van der Waals surface area contributed by atoms with Crippen LogP contribution in [0.25, 0.3) is 0 Å². The number of nitrogens with zero attached hydrogens (tertiary/aromatic N) is 1. The molecule has 1 saturated heterocycles. The van der Waals surface area contributed by atoms with E-state index in [9.17, 15) is 13.6 Å². The van der Waals surface area contributed by atoms with Crippen molar-refractivity contribution < 1.29 is 13.6 Å². The number of carbonyl (C=O) groups excluding carboxylic acids is 1. The van der Waals surface area contributed by atoms with E-state index in [0.717, 1.165) is 12.6 Å². The predicted molar refractivity (Wildman–Crippen MR) is 72.1 cm³/mol. The fraction of sp³-hybridized carbons (Fsp3) is 0.500. The summed E-state index contributed by atoms with van der Waals surface area (Å²) in [7, 11) is 0. The molecule has 20 heavy (non-hydrogen) atoms. The van der Waals surface area contributed by atoms with Gasteiger partial charge in [0.2, 0.25) is 5.91 Å². The number of piperazine rings is 1. The van der Waals surface area contributed by atoms with Gasteiger partial charge in [-0.05, 0) is 13.0 Å². The molecule has 0 aliphatic carbocycles. The summed E-state index contributed by atoms with van der Waals surface area (Å²) in [5, 5.41) is 5.91. The topological polar surface area (TPSA) is 44.4 Å². The molecule has 1 heterocycles. The minimum Gasteiger partial charge on any atom is -0.355 e. The van der Waals surface area contributed by atoms with Gasteiger partial charge in [0.15, 0.2) is 11.6 Å². The third-order valence-corrected chi connectivity index (χ3v) is 3.41. The summed E-state index contributed by atoms with van der Waals surface area (Å²) in [5.74, 6) is -1.77. The van der Waals surface area contributed by atoms with Crippen molar-refractivity contribution in [2.75, 3.05) is 26.2 Å². The van der Waals surface area contributed by atoms with Crippen LogP contribution in [0.3, 0.4) is 0 Å². The fourth-order valence-electron chi connectivity index (χ4n) is 2.38. The monoisotopic (exact) mass is 283 g/mol. The first-order valence-corrected chi connectivity index (χ1v) is 6.79. The van der Waals surface area contributed by atoms with Gasteiger partial charge in [-0.3, -0.25) is 9.69 Å². The van der Waals surface area contributed by atoms with Gasteiger partial charge in [-0.15, -0.1) is 0 Å². The molecule has 1 amide bonds. The third-order valence-electron chi connectivity index (χ3n) is 3.41. The lowest BCUT2D eigenvalue weighted by Gasteiger charge is -2.35. The Morgan fingerprint density at radius 3 is 3.05 bits per heavy atom. The SMILES string of the molecule is CCNC(=O)C1CNCCN1Cc1cccc(F)c1F. The smallest absolute Gasteiger partial charge is 0.238 e. The van der Waals surface area contributed by atoms with Crippen molar-refractivity contribution in [2.45, 2.75) is 19.5 Å². The van der Waals surface area contributed by atoms with Crippen LogP contribution in [-0.2, 0) is 11.3 Å². The van der Waals surface area contributed by atoms with Crippen molar-refractivity contribution in [2.24, 2.45) is 0 Å². The zero-order chi connectivity index (χ0) is 14.5. The maximum absolute atomic E-state index is 13.7. The molecule has 1 aromatic rings. The van der Waals surface area contributed by atoms with E-state index in [1.807, 2.05) is 11.8 Å². The van der Waals surface area contributed by atoms with E-state index >= 15 is 0 Å². The highest BCUT2D eigenvalue weighted by atomic mass is 19.2. The number of halogens is 2. The molecule has 110 valence electrons. The summed E-state index contributed by atoms with van der Waals surface area (Å²) in [6.45, 7) is 4.50. The van der Waals surface area contributed by atoms with Crippen LogP contribution in [0.4, 0.5) is 8.78 Å². The first-order valence-electron chi connectivity index (χ1n) is 6.79. The number of amides is 1. The number of benzene rings is 1. The maximum atomic E-state index is 13.7. The largest absolute Gasteiger partial charge is 0.355 e. The van der Waals surface area contributed by atoms with Crippen molar-refractivity contribution in [1.82, 2.24) is 15.5 Å². The highest BCUT2D eigenvalue weighted by Gasteiger charge is 2.28. The van der Waals surface area contributed by atoms with Gasteiger partial charge in [-0.2, -0.15) is 0 Å². The van der Waals surface area contributed by atoms with Crippen LogP contribution in [0.5, 0.6) is 0 Å². The van der Waals surface area contributed by atoms with Crippen molar-refractivity contribution in [3.8, 4) is 0 Å². The number of hydrogen-bond donors (Lipinski definition) is 2. The number of likely N-dealkylation sites (N-methyl/N-ethyl adjacent to an activating group) is 1. The Labute approximate surface area is 117 Å². The number of rotatable bonds is 4. The first kappa shape index (κ1) is 14.9.